The minimum atomic E-state index is -3.10. The number of esters is 2. The van der Waals surface area contributed by atoms with E-state index in [9.17, 15) is 70.8 Å². The third kappa shape index (κ3) is 32.7. The number of anilines is 1. The minimum absolute atomic E-state index is 0. The van der Waals surface area contributed by atoms with Gasteiger partial charge >= 0.3 is 42.7 Å². The molecule has 12 rings (SSSR count). The molecule has 149 heavy (non-hydrogen) atoms. The number of nitrogens with one attached hydrogen (secondary N) is 1. The molecule has 9 aromatic carbocycles. The predicted octanol–water partition coefficient (Wildman–Crippen LogP) is 21.8. The van der Waals surface area contributed by atoms with Gasteiger partial charge < -0.3 is 45.6 Å². The Morgan fingerprint density at radius 3 is 0.926 bits per heavy atom. The Bertz CT molecular complexity index is 6650. The van der Waals surface area contributed by atoms with Crippen molar-refractivity contribution in [3.8, 4) is 0 Å². The molecule has 3 aliphatic rings. The van der Waals surface area contributed by atoms with Crippen molar-refractivity contribution in [3.05, 3.63) is 310 Å². The third-order valence-corrected chi connectivity index (χ3v) is 37.2. The number of nitrogens with zero attached hydrogens (tertiary/aromatic N) is 5. The van der Waals surface area contributed by atoms with E-state index in [1.807, 2.05) is 156 Å². The van der Waals surface area contributed by atoms with Gasteiger partial charge in [-0.15, -0.1) is 0 Å². The van der Waals surface area contributed by atoms with Crippen LogP contribution in [0.4, 0.5) is 5.69 Å². The van der Waals surface area contributed by atoms with Gasteiger partial charge in [-0.1, -0.05) is 271 Å². The normalized spacial score (nSPS) is 20.9. The first kappa shape index (κ1) is 126. The number of amides is 5. The zero-order valence-electron chi connectivity index (χ0n) is 87.9. The molecule has 26 nitrogen and oxygen atoms in total. The molecule has 0 aromatic heterocycles. The Kier molecular flexibility index (Phi) is 46.0. The van der Waals surface area contributed by atoms with E-state index >= 15 is 4.79 Å². The van der Waals surface area contributed by atoms with Crippen molar-refractivity contribution in [2.45, 2.75) is 239 Å². The fourth-order valence-electron chi connectivity index (χ4n) is 19.7. The SMILES string of the molecule is CC(=O)N=S(=O)(C[C@H](C(C)C)N1C(=O)[C@@](C)(CC(=O)O)C[C@H](c2cccc(Cl)c2)[C@H]1c1ccc(Cl)cc1)C(C)C.CC(C)[C@@H](CS(=N)(=O)C(C)C)N1C(=O)[C@@](C)(CC(=O)Cc2ccc(C(=O)O)cc2)C[C@H](c2cccc(Cl)c2)[C@H]1c1ccc(Cl)cc1.COC(=O)c1ccc(CC(=O)C[C@@]2(C)C[C@H](c3cccc(Cl)c3)[C@@H](c3ccc(Cl)cc3)N([C@H](CS(=O)(=NC(C)=O)C(C)C)C(C)C)C2=O)cc1.COC(=O)c1ccc(N)cc1.[Li+].[OH-]. The first-order chi connectivity index (χ1) is 68.8. The summed E-state index contributed by atoms with van der Waals surface area (Å²) in [4.78, 5) is 148. The number of carbonyl (C=O) groups is 11. The van der Waals surface area contributed by atoms with Gasteiger partial charge in [-0.2, -0.15) is 8.73 Å². The van der Waals surface area contributed by atoms with Gasteiger partial charge in [0.15, 0.2) is 0 Å². The number of carboxylic acids is 2. The van der Waals surface area contributed by atoms with Gasteiger partial charge in [0, 0.05) is 137 Å². The second kappa shape index (κ2) is 54.4. The molecular weight excluding hydrogens is 2080 g/mol. The Labute approximate surface area is 919 Å². The number of Topliss-reactive ketones (excluding diaryl/α,β-unsaturated/α-hetero) is 2. The molecule has 3 aliphatic heterocycles. The summed E-state index contributed by atoms with van der Waals surface area (Å²) in [6.45, 7) is 30.2. The van der Waals surface area contributed by atoms with E-state index in [0.717, 1.165) is 33.4 Å². The van der Waals surface area contributed by atoms with Crippen LogP contribution in [0.5, 0.6) is 0 Å². The van der Waals surface area contributed by atoms with Gasteiger partial charge in [-0.3, -0.25) is 43.1 Å². The number of ether oxygens (including phenoxy) is 2. The van der Waals surface area contributed by atoms with Gasteiger partial charge in [-0.05, 0) is 203 Å². The fraction of sp³-hybridized carbons (Fsp3) is 0.425. The van der Waals surface area contributed by atoms with Gasteiger partial charge in [0.1, 0.15) is 11.6 Å². The molecule has 0 saturated carbocycles. The number of carboxylic acid groups (broad SMARTS) is 2. The van der Waals surface area contributed by atoms with Crippen molar-refractivity contribution >= 4 is 169 Å². The number of likely N-dealkylation sites (tertiary alicyclic amines) is 3. The Morgan fingerprint density at radius 1 is 0.403 bits per heavy atom. The minimum Gasteiger partial charge on any atom is -0.870 e. The number of carbonyl (C=O) groups excluding carboxylic acids is 9. The molecule has 3 unspecified atom stereocenters. The first-order valence-electron chi connectivity index (χ1n) is 48.7. The number of rotatable bonds is 34. The summed E-state index contributed by atoms with van der Waals surface area (Å²) < 4.78 is 68.4. The number of nitrogens with two attached hydrogens (primary N) is 1. The Hall–Kier alpha value is -10.1. The smallest absolute Gasteiger partial charge is 0.870 e. The molecule has 15 atom stereocenters. The molecule has 3 heterocycles. The quantitative estimate of drug-likeness (QED) is 0.0165. The molecule has 9 aromatic rings. The monoisotopic (exact) mass is 2210 g/mol. The number of nitrogen functional groups attached to an aromatic ring is 1. The predicted molar refractivity (Wildman–Crippen MR) is 587 cm³/mol. The molecule has 0 aliphatic carbocycles. The van der Waals surface area contributed by atoms with E-state index in [1.165, 1.54) is 40.2 Å². The van der Waals surface area contributed by atoms with E-state index in [4.69, 9.17) is 84.9 Å². The maximum atomic E-state index is 15.2. The summed E-state index contributed by atoms with van der Waals surface area (Å²) in [5.41, 5.74) is 10.1. The van der Waals surface area contributed by atoms with E-state index in [-0.39, 0.29) is 156 Å². The molecular formula is C113H136Cl6LiN7O19S3. The van der Waals surface area contributed by atoms with E-state index in [1.54, 1.807) is 169 Å². The first-order valence-corrected chi connectivity index (χ1v) is 56.3. The molecule has 3 fully saturated rings. The van der Waals surface area contributed by atoms with Crippen LogP contribution in [-0.2, 0) is 89.9 Å². The fourth-order valence-corrected chi connectivity index (χ4v) is 26.4. The maximum absolute atomic E-state index is 15.2. The van der Waals surface area contributed by atoms with Crippen LogP contribution in [0.15, 0.2) is 227 Å². The molecule has 5 amide bonds. The molecule has 0 bridgehead atoms. The van der Waals surface area contributed by atoms with Gasteiger partial charge in [0.2, 0.25) is 17.7 Å². The number of ketones is 2. The van der Waals surface area contributed by atoms with Crippen molar-refractivity contribution in [1.82, 2.24) is 14.7 Å². The summed E-state index contributed by atoms with van der Waals surface area (Å²) in [5, 5.41) is 21.0. The van der Waals surface area contributed by atoms with E-state index < -0.39 is 127 Å². The topological polar surface area (TPSA) is 412 Å². The second-order valence-electron chi connectivity index (χ2n) is 41.0. The second-order valence-corrected chi connectivity index (χ2v) is 52.0. The third-order valence-electron chi connectivity index (χ3n) is 27.6. The van der Waals surface area contributed by atoms with Crippen LogP contribution in [0.25, 0.3) is 0 Å². The van der Waals surface area contributed by atoms with Crippen molar-refractivity contribution in [1.29, 1.82) is 4.78 Å². The van der Waals surface area contributed by atoms with Crippen LogP contribution in [0, 0.1) is 38.8 Å². The van der Waals surface area contributed by atoms with Crippen LogP contribution in [-0.4, -0.2) is 173 Å². The number of piperidine rings is 3. The summed E-state index contributed by atoms with van der Waals surface area (Å²) in [7, 11) is -6.57. The van der Waals surface area contributed by atoms with E-state index in [0.29, 0.717) is 70.9 Å². The van der Waals surface area contributed by atoms with Crippen LogP contribution < -0.4 is 24.6 Å². The van der Waals surface area contributed by atoms with Crippen molar-refractivity contribution in [3.63, 3.8) is 0 Å². The average Bonchev–Trinajstić information content (AvgIpc) is 0.738. The number of benzene rings is 9. The molecule has 3 saturated heterocycles. The summed E-state index contributed by atoms with van der Waals surface area (Å²) in [5.74, 6) is -6.58. The Balaban J connectivity index is 0.000000286. The van der Waals surface area contributed by atoms with Crippen LogP contribution in [0.2, 0.25) is 30.1 Å². The largest absolute Gasteiger partial charge is 1.00 e. The van der Waals surface area contributed by atoms with Crippen molar-refractivity contribution < 1.29 is 109 Å². The standard InChI is InChI=1S/C39H46Cl2N2O6S.C36H42Cl2N2O5S.C30H38Cl2N2O5S.C8H9NO2.Li.H2O/c1-24(2)35(23-50(48,25(3)4)42-26(5)44)43-36(28-15-17-31(40)18-16-28)34(30-9-8-10-32(41)20-30)22-39(6,38(43)47)21-33(45)19-27-11-13-29(14-12-27)37(46)49-7;1-22(2)32(21-46(39,45)23(3)4)40-33(25-13-15-28(37)16-14-25)31(27-7-6-8-29(38)18-27)20-36(5,35(40)44)19-30(41)17-24-9-11-26(12-10-24)34(42)43;1-18(2)26(17-40(39,19(3)4)33-20(5)35)34-28(21-10-12-23(31)13-11-21)25(22-8-7-9-24(32)14-22)15-30(6,29(34)38)16-27(36)37;1-11-8(10)6-2-4-7(9)5-3-6;;/h8-18,20,24-25,34-36H,19,21-23H2,1-7H3;6-16,18,22-23,31-33,39H,17,19-21H2,1-5H3,(H,42,43);7-14,18-19,25-26,28H,15-17H2,1-6H3,(H,36,37);2-5H,9H2,1H3;;1H2/q;;;;+1;/p-1/t34-,35-,36-,39+,50?;31-,32-,33-,36+,46?;25-,26-,28-,30-,40?;;;/m111.../s1. The maximum Gasteiger partial charge on any atom is 1.00 e. The average molecular weight is 2210 g/mol. The van der Waals surface area contributed by atoms with Gasteiger partial charge in [0.05, 0.1) is 108 Å². The zero-order chi connectivity index (χ0) is 109. The van der Waals surface area contributed by atoms with Crippen LogP contribution >= 0.6 is 69.6 Å². The molecule has 6 N–H and O–H groups in total. The Morgan fingerprint density at radius 2 is 0.678 bits per heavy atom. The summed E-state index contributed by atoms with van der Waals surface area (Å²) in [6.07, 6.45) is 0.619. The summed E-state index contributed by atoms with van der Waals surface area (Å²) >= 11 is 38.3. The van der Waals surface area contributed by atoms with Gasteiger partial charge in [0.25, 0.3) is 11.8 Å². The number of aliphatic carboxylic acids is 1. The van der Waals surface area contributed by atoms with E-state index in [2.05, 4.69) is 13.5 Å². The molecule has 798 valence electrons. The number of hydrogen-bond acceptors (Lipinski definition) is 19. The number of methoxy groups -OCH3 is 2. The van der Waals surface area contributed by atoms with Crippen LogP contribution in [0.3, 0.4) is 0 Å². The summed E-state index contributed by atoms with van der Waals surface area (Å²) in [6, 6.07) is 60.5. The molecule has 36 heteroatoms. The van der Waals surface area contributed by atoms with Crippen LogP contribution in [0.1, 0.15) is 268 Å². The zero-order valence-corrected chi connectivity index (χ0v) is 94.9. The number of halogens is 6. The molecule has 0 spiro atoms. The number of hydrogen-bond donors (Lipinski definition) is 4. The molecule has 0 radical (unpaired) electrons. The van der Waals surface area contributed by atoms with Crippen molar-refractivity contribution in [2.24, 2.45) is 42.7 Å². The van der Waals surface area contributed by atoms with Crippen molar-refractivity contribution in [2.75, 3.05) is 37.2 Å². The number of aromatic carboxylic acids is 1. The van der Waals surface area contributed by atoms with Gasteiger partial charge in [-0.25, -0.2) is 27.0 Å².